The van der Waals surface area contributed by atoms with E-state index in [0.717, 1.165) is 0 Å². The molecule has 1 heterocycles. The summed E-state index contributed by atoms with van der Waals surface area (Å²) in [5.74, 6) is -0.642. The van der Waals surface area contributed by atoms with Crippen molar-refractivity contribution in [3.05, 3.63) is 34.7 Å². The van der Waals surface area contributed by atoms with Crippen molar-refractivity contribution in [1.29, 1.82) is 0 Å². The molecule has 2 rings (SSSR count). The molecule has 1 aromatic carbocycles. The molecular formula is C18H22N2O3S. The molecule has 3 amide bonds. The van der Waals surface area contributed by atoms with Crippen LogP contribution in [-0.2, 0) is 14.4 Å². The zero-order valence-corrected chi connectivity index (χ0v) is 15.4. The van der Waals surface area contributed by atoms with Crippen LogP contribution in [-0.4, -0.2) is 33.9 Å². The summed E-state index contributed by atoms with van der Waals surface area (Å²) in [6.45, 7) is 9.08. The third-order valence-electron chi connectivity index (χ3n) is 3.44. The molecule has 1 aliphatic heterocycles. The van der Waals surface area contributed by atoms with Gasteiger partial charge in [0, 0.05) is 23.9 Å². The summed E-state index contributed by atoms with van der Waals surface area (Å²) in [6, 6.07) is 6.80. The number of rotatable bonds is 5. The van der Waals surface area contributed by atoms with E-state index in [0.29, 0.717) is 21.7 Å². The van der Waals surface area contributed by atoms with E-state index in [1.54, 1.807) is 24.3 Å². The summed E-state index contributed by atoms with van der Waals surface area (Å²) in [5, 5.41) is 2.88. The van der Waals surface area contributed by atoms with Gasteiger partial charge in [-0.2, -0.15) is 0 Å². The highest BCUT2D eigenvalue weighted by atomic mass is 32.2. The van der Waals surface area contributed by atoms with Crippen molar-refractivity contribution in [2.24, 2.45) is 0 Å². The molecule has 0 aliphatic carbocycles. The summed E-state index contributed by atoms with van der Waals surface area (Å²) in [5.41, 5.74) is 1.79. The number of imide groups is 1. The lowest BCUT2D eigenvalue weighted by Gasteiger charge is -2.19. The molecule has 0 saturated heterocycles. The van der Waals surface area contributed by atoms with Gasteiger partial charge in [-0.05, 0) is 31.5 Å². The Balaban J connectivity index is 2.45. The largest absolute Gasteiger partial charge is 0.326 e. The molecule has 128 valence electrons. The highest BCUT2D eigenvalue weighted by Gasteiger charge is 2.40. The Hall–Kier alpha value is -2.08. The second-order valence-corrected chi connectivity index (χ2v) is 7.79. The average molecular weight is 346 g/mol. The molecule has 0 bridgehead atoms. The van der Waals surface area contributed by atoms with Crippen molar-refractivity contribution in [3.8, 4) is 0 Å². The molecule has 0 saturated carbocycles. The van der Waals surface area contributed by atoms with Crippen molar-refractivity contribution in [1.82, 2.24) is 4.90 Å². The van der Waals surface area contributed by atoms with Crippen LogP contribution in [0.1, 0.15) is 40.2 Å². The Morgan fingerprint density at radius 3 is 2.08 bits per heavy atom. The lowest BCUT2D eigenvalue weighted by Crippen LogP contribution is -2.37. The molecule has 5 nitrogen and oxygen atoms in total. The Morgan fingerprint density at radius 2 is 1.62 bits per heavy atom. The van der Waals surface area contributed by atoms with Gasteiger partial charge in [-0.25, -0.2) is 0 Å². The molecule has 0 fully saturated rings. The van der Waals surface area contributed by atoms with Crippen molar-refractivity contribution >= 4 is 40.7 Å². The van der Waals surface area contributed by atoms with Crippen LogP contribution in [0, 0.1) is 0 Å². The van der Waals surface area contributed by atoms with Crippen LogP contribution in [0.15, 0.2) is 29.2 Å². The standard InChI is InChI=1S/C18H22N2O3S/c1-10(2)20-17(22)15(16(18(20)23)24-11(3)4)13-6-8-14(9-7-13)19-12(5)21/h6-11H,1-5H3,(H,19,21). The molecule has 0 radical (unpaired) electrons. The number of nitrogens with one attached hydrogen (secondary N) is 1. The Morgan fingerprint density at radius 1 is 1.04 bits per heavy atom. The molecule has 1 N–H and O–H groups in total. The van der Waals surface area contributed by atoms with E-state index in [1.165, 1.54) is 23.6 Å². The normalized spacial score (nSPS) is 15.0. The minimum atomic E-state index is -0.259. The summed E-state index contributed by atoms with van der Waals surface area (Å²) in [6.07, 6.45) is 0. The Kier molecular flexibility index (Phi) is 5.49. The number of amides is 3. The Bertz CT molecular complexity index is 705. The molecule has 24 heavy (non-hydrogen) atoms. The molecule has 0 unspecified atom stereocenters. The van der Waals surface area contributed by atoms with Crippen LogP contribution >= 0.6 is 11.8 Å². The highest BCUT2D eigenvalue weighted by Crippen LogP contribution is 2.38. The molecule has 1 aliphatic rings. The van der Waals surface area contributed by atoms with Gasteiger partial charge in [0.1, 0.15) is 0 Å². The maximum Gasteiger partial charge on any atom is 0.268 e. The first-order chi connectivity index (χ1) is 11.2. The maximum absolute atomic E-state index is 12.8. The monoisotopic (exact) mass is 346 g/mol. The van der Waals surface area contributed by atoms with Crippen molar-refractivity contribution in [3.63, 3.8) is 0 Å². The zero-order valence-electron chi connectivity index (χ0n) is 14.5. The number of carbonyl (C=O) groups excluding carboxylic acids is 3. The fraction of sp³-hybridized carbons (Fsp3) is 0.389. The quantitative estimate of drug-likeness (QED) is 0.831. The molecular weight excluding hydrogens is 324 g/mol. The molecule has 6 heteroatoms. The van der Waals surface area contributed by atoms with Gasteiger partial charge in [0.15, 0.2) is 0 Å². The molecule has 0 atom stereocenters. The van der Waals surface area contributed by atoms with Gasteiger partial charge >= 0.3 is 0 Å². The van der Waals surface area contributed by atoms with Crippen molar-refractivity contribution < 1.29 is 14.4 Å². The number of carbonyl (C=O) groups is 3. The predicted molar refractivity (Wildman–Crippen MR) is 97.4 cm³/mol. The number of hydrogen-bond acceptors (Lipinski definition) is 4. The van der Waals surface area contributed by atoms with Crippen LogP contribution in [0.25, 0.3) is 5.57 Å². The summed E-state index contributed by atoms with van der Waals surface area (Å²) in [4.78, 5) is 38.4. The van der Waals surface area contributed by atoms with Crippen molar-refractivity contribution in [2.75, 3.05) is 5.32 Å². The highest BCUT2D eigenvalue weighted by molar-refractivity contribution is 8.04. The van der Waals surface area contributed by atoms with E-state index in [-0.39, 0.29) is 29.0 Å². The fourth-order valence-corrected chi connectivity index (χ4v) is 3.51. The van der Waals surface area contributed by atoms with Crippen molar-refractivity contribution in [2.45, 2.75) is 45.9 Å². The predicted octanol–water partition coefficient (Wildman–Crippen LogP) is 3.27. The van der Waals surface area contributed by atoms with Gasteiger partial charge in [-0.3, -0.25) is 19.3 Å². The summed E-state index contributed by atoms with van der Waals surface area (Å²) in [7, 11) is 0. The van der Waals surface area contributed by atoms with Crippen LogP contribution in [0.3, 0.4) is 0 Å². The number of thioether (sulfide) groups is 1. The summed E-state index contributed by atoms with van der Waals surface area (Å²) < 4.78 is 0. The first kappa shape index (κ1) is 18.3. The zero-order chi connectivity index (χ0) is 18.0. The lowest BCUT2D eigenvalue weighted by atomic mass is 10.1. The van der Waals surface area contributed by atoms with E-state index in [2.05, 4.69) is 5.32 Å². The third kappa shape index (κ3) is 3.70. The second-order valence-electron chi connectivity index (χ2n) is 6.20. The van der Waals surface area contributed by atoms with E-state index in [9.17, 15) is 14.4 Å². The van der Waals surface area contributed by atoms with E-state index >= 15 is 0 Å². The first-order valence-electron chi connectivity index (χ1n) is 7.89. The number of benzene rings is 1. The second kappa shape index (κ2) is 7.21. The number of hydrogen-bond donors (Lipinski definition) is 1. The lowest BCUT2D eigenvalue weighted by molar-refractivity contribution is -0.138. The number of nitrogens with zero attached hydrogens (tertiary/aromatic N) is 1. The van der Waals surface area contributed by atoms with Gasteiger partial charge in [0.05, 0.1) is 10.5 Å². The molecule has 0 aromatic heterocycles. The average Bonchev–Trinajstić information content (AvgIpc) is 2.70. The summed E-state index contributed by atoms with van der Waals surface area (Å²) >= 11 is 1.41. The fourth-order valence-electron chi connectivity index (χ4n) is 2.52. The SMILES string of the molecule is CC(=O)Nc1ccc(C2=C(SC(C)C)C(=O)N(C(C)C)C2=O)cc1. The molecule has 0 spiro atoms. The topological polar surface area (TPSA) is 66.5 Å². The van der Waals surface area contributed by atoms with Gasteiger partial charge < -0.3 is 5.32 Å². The Labute approximate surface area is 146 Å². The minimum absolute atomic E-state index is 0.156. The van der Waals surface area contributed by atoms with Gasteiger partial charge in [-0.15, -0.1) is 11.8 Å². The van der Waals surface area contributed by atoms with E-state index < -0.39 is 0 Å². The van der Waals surface area contributed by atoms with Gasteiger partial charge in [0.2, 0.25) is 5.91 Å². The van der Waals surface area contributed by atoms with E-state index in [1.807, 2.05) is 27.7 Å². The third-order valence-corrected chi connectivity index (χ3v) is 4.52. The van der Waals surface area contributed by atoms with Gasteiger partial charge in [0.25, 0.3) is 11.8 Å². The number of anilines is 1. The van der Waals surface area contributed by atoms with Crippen LogP contribution in [0.2, 0.25) is 0 Å². The van der Waals surface area contributed by atoms with Crippen LogP contribution < -0.4 is 5.32 Å². The smallest absolute Gasteiger partial charge is 0.268 e. The van der Waals surface area contributed by atoms with E-state index in [4.69, 9.17) is 0 Å². The van der Waals surface area contributed by atoms with Gasteiger partial charge in [-0.1, -0.05) is 26.0 Å². The first-order valence-corrected chi connectivity index (χ1v) is 8.77. The molecule has 1 aromatic rings. The van der Waals surface area contributed by atoms with Crippen LogP contribution in [0.4, 0.5) is 5.69 Å². The minimum Gasteiger partial charge on any atom is -0.326 e. The van der Waals surface area contributed by atoms with Crippen LogP contribution in [0.5, 0.6) is 0 Å². The maximum atomic E-state index is 12.8.